The van der Waals surface area contributed by atoms with E-state index in [2.05, 4.69) is 5.32 Å². The lowest BCUT2D eigenvalue weighted by Crippen LogP contribution is -2.12. The molecule has 0 radical (unpaired) electrons. The Labute approximate surface area is 158 Å². The van der Waals surface area contributed by atoms with Crippen molar-refractivity contribution < 1.29 is 14.5 Å². The van der Waals surface area contributed by atoms with E-state index >= 15 is 0 Å². The maximum Gasteiger partial charge on any atom is 0.270 e. The summed E-state index contributed by atoms with van der Waals surface area (Å²) in [4.78, 5) is 22.6. The molecule has 3 rings (SSSR count). The van der Waals surface area contributed by atoms with Gasteiger partial charge in [0.15, 0.2) is 0 Å². The molecular weight excluding hydrogens is 344 g/mol. The smallest absolute Gasteiger partial charge is 0.270 e. The molecule has 0 unspecified atom stereocenters. The number of amides is 1. The average Bonchev–Trinajstić information content (AvgIpc) is 2.70. The van der Waals surface area contributed by atoms with Crippen molar-refractivity contribution in [2.45, 2.75) is 38.5 Å². The van der Waals surface area contributed by atoms with Crippen LogP contribution in [0.2, 0.25) is 0 Å². The van der Waals surface area contributed by atoms with Gasteiger partial charge < -0.3 is 10.1 Å². The monoisotopic (exact) mass is 368 g/mol. The standard InChI is InChI=1S/C21H24N2O4/c24-21(17-7-4-8-19(15-17)23(25)26)22-18-9-11-20(12-10-18)27-14-13-16-5-2-1-3-6-16/h4,7-12,15-16H,1-3,5-6,13-14H2,(H,22,24). The van der Waals surface area contributed by atoms with Gasteiger partial charge in [0.1, 0.15) is 5.75 Å². The number of hydrogen-bond acceptors (Lipinski definition) is 4. The molecule has 142 valence electrons. The van der Waals surface area contributed by atoms with Gasteiger partial charge in [-0.1, -0.05) is 38.2 Å². The van der Waals surface area contributed by atoms with E-state index in [-0.39, 0.29) is 17.2 Å². The summed E-state index contributed by atoms with van der Waals surface area (Å²) in [5.74, 6) is 1.18. The summed E-state index contributed by atoms with van der Waals surface area (Å²) in [7, 11) is 0. The maximum absolute atomic E-state index is 12.3. The predicted molar refractivity (Wildman–Crippen MR) is 104 cm³/mol. The second-order valence-electron chi connectivity index (χ2n) is 6.93. The van der Waals surface area contributed by atoms with Crippen LogP contribution in [0, 0.1) is 16.0 Å². The average molecular weight is 368 g/mol. The fourth-order valence-electron chi connectivity index (χ4n) is 3.42. The van der Waals surface area contributed by atoms with Crippen LogP contribution in [0.1, 0.15) is 48.9 Å². The van der Waals surface area contributed by atoms with Crippen LogP contribution in [0.3, 0.4) is 0 Å². The van der Waals surface area contributed by atoms with E-state index in [1.165, 1.54) is 50.3 Å². The van der Waals surface area contributed by atoms with Crippen LogP contribution in [0.5, 0.6) is 5.75 Å². The number of nitrogens with zero attached hydrogens (tertiary/aromatic N) is 1. The topological polar surface area (TPSA) is 81.5 Å². The number of rotatable bonds is 7. The lowest BCUT2D eigenvalue weighted by Gasteiger charge is -2.21. The van der Waals surface area contributed by atoms with Gasteiger partial charge >= 0.3 is 0 Å². The van der Waals surface area contributed by atoms with Crippen molar-refractivity contribution in [2.24, 2.45) is 5.92 Å². The first-order valence-corrected chi connectivity index (χ1v) is 9.40. The van der Waals surface area contributed by atoms with Crippen LogP contribution in [0.15, 0.2) is 48.5 Å². The first-order chi connectivity index (χ1) is 13.1. The van der Waals surface area contributed by atoms with Crippen molar-refractivity contribution in [1.82, 2.24) is 0 Å². The number of carbonyl (C=O) groups excluding carboxylic acids is 1. The second kappa shape index (κ2) is 9.16. The van der Waals surface area contributed by atoms with E-state index in [1.54, 1.807) is 18.2 Å². The van der Waals surface area contributed by atoms with E-state index in [4.69, 9.17) is 4.74 Å². The number of anilines is 1. The summed E-state index contributed by atoms with van der Waals surface area (Å²) < 4.78 is 5.81. The number of hydrogen-bond donors (Lipinski definition) is 1. The molecule has 27 heavy (non-hydrogen) atoms. The zero-order chi connectivity index (χ0) is 19.1. The Bertz CT molecular complexity index is 783. The lowest BCUT2D eigenvalue weighted by atomic mass is 9.87. The van der Waals surface area contributed by atoms with Crippen molar-refractivity contribution in [3.05, 3.63) is 64.2 Å². The molecule has 1 saturated carbocycles. The Hall–Kier alpha value is -2.89. The molecule has 0 aromatic heterocycles. The second-order valence-corrected chi connectivity index (χ2v) is 6.93. The minimum absolute atomic E-state index is 0.107. The maximum atomic E-state index is 12.3. The number of nitro groups is 1. The molecule has 0 heterocycles. The Morgan fingerprint density at radius 3 is 2.56 bits per heavy atom. The zero-order valence-corrected chi connectivity index (χ0v) is 15.2. The van der Waals surface area contributed by atoms with Crippen LogP contribution in [-0.4, -0.2) is 17.4 Å². The van der Waals surface area contributed by atoms with Gasteiger partial charge in [0.05, 0.1) is 11.5 Å². The van der Waals surface area contributed by atoms with Crippen molar-refractivity contribution in [3.63, 3.8) is 0 Å². The van der Waals surface area contributed by atoms with Gasteiger partial charge in [-0.05, 0) is 42.7 Å². The summed E-state index contributed by atoms with van der Waals surface area (Å²) in [5, 5.41) is 13.6. The van der Waals surface area contributed by atoms with Gasteiger partial charge in [-0.3, -0.25) is 14.9 Å². The molecule has 1 aliphatic carbocycles. The highest BCUT2D eigenvalue weighted by molar-refractivity contribution is 6.04. The zero-order valence-electron chi connectivity index (χ0n) is 15.2. The normalized spacial score (nSPS) is 14.5. The summed E-state index contributed by atoms with van der Waals surface area (Å²) in [6.07, 6.45) is 7.75. The van der Waals surface area contributed by atoms with Crippen molar-refractivity contribution in [3.8, 4) is 5.75 Å². The molecule has 0 aliphatic heterocycles. The third-order valence-electron chi connectivity index (χ3n) is 4.95. The number of ether oxygens (including phenoxy) is 1. The van der Waals surface area contributed by atoms with Crippen LogP contribution in [0.4, 0.5) is 11.4 Å². The van der Waals surface area contributed by atoms with E-state index in [9.17, 15) is 14.9 Å². The van der Waals surface area contributed by atoms with Crippen LogP contribution in [0.25, 0.3) is 0 Å². The third kappa shape index (κ3) is 5.54. The van der Waals surface area contributed by atoms with Crippen LogP contribution in [-0.2, 0) is 0 Å². The first kappa shape index (κ1) is 18.9. The summed E-state index contributed by atoms with van der Waals surface area (Å²) in [5.41, 5.74) is 0.757. The summed E-state index contributed by atoms with van der Waals surface area (Å²) in [6, 6.07) is 12.8. The molecule has 0 spiro atoms. The first-order valence-electron chi connectivity index (χ1n) is 9.40. The molecule has 1 aliphatic rings. The SMILES string of the molecule is O=C(Nc1ccc(OCCC2CCCCC2)cc1)c1cccc([N+](=O)[O-])c1. The van der Waals surface area contributed by atoms with Crippen LogP contribution < -0.4 is 10.1 Å². The van der Waals surface area contributed by atoms with Crippen molar-refractivity contribution in [2.75, 3.05) is 11.9 Å². The molecule has 1 amide bonds. The van der Waals surface area contributed by atoms with E-state index in [1.807, 2.05) is 12.1 Å². The highest BCUT2D eigenvalue weighted by Crippen LogP contribution is 2.26. The minimum atomic E-state index is -0.518. The van der Waals surface area contributed by atoms with Gasteiger partial charge in [0.25, 0.3) is 11.6 Å². The van der Waals surface area contributed by atoms with Gasteiger partial charge in [-0.15, -0.1) is 0 Å². The van der Waals surface area contributed by atoms with Gasteiger partial charge in [-0.2, -0.15) is 0 Å². The molecule has 0 saturated heterocycles. The van der Waals surface area contributed by atoms with Crippen molar-refractivity contribution >= 4 is 17.3 Å². The van der Waals surface area contributed by atoms with Crippen molar-refractivity contribution in [1.29, 1.82) is 0 Å². The summed E-state index contributed by atoms with van der Waals surface area (Å²) in [6.45, 7) is 0.712. The number of nitro benzene ring substituents is 1. The Balaban J connectivity index is 1.50. The van der Waals surface area contributed by atoms with Crippen LogP contribution >= 0.6 is 0 Å². The Morgan fingerprint density at radius 1 is 1.11 bits per heavy atom. The predicted octanol–water partition coefficient (Wildman–Crippen LogP) is 5.20. The van der Waals surface area contributed by atoms with E-state index in [0.717, 1.165) is 18.1 Å². The van der Waals surface area contributed by atoms with Gasteiger partial charge in [0, 0.05) is 23.4 Å². The third-order valence-corrected chi connectivity index (χ3v) is 4.95. The molecule has 2 aromatic rings. The quantitative estimate of drug-likeness (QED) is 0.538. The Morgan fingerprint density at radius 2 is 1.85 bits per heavy atom. The highest BCUT2D eigenvalue weighted by atomic mass is 16.6. The fraction of sp³-hybridized carbons (Fsp3) is 0.381. The molecule has 2 aromatic carbocycles. The number of carbonyl (C=O) groups is 1. The largest absolute Gasteiger partial charge is 0.494 e. The molecule has 6 nitrogen and oxygen atoms in total. The van der Waals surface area contributed by atoms with Gasteiger partial charge in [0.2, 0.25) is 0 Å². The Kier molecular flexibility index (Phi) is 6.41. The number of nitrogens with one attached hydrogen (secondary N) is 1. The highest BCUT2D eigenvalue weighted by Gasteiger charge is 2.14. The number of benzene rings is 2. The molecule has 1 fully saturated rings. The van der Waals surface area contributed by atoms with E-state index < -0.39 is 4.92 Å². The molecule has 0 bridgehead atoms. The molecule has 0 atom stereocenters. The van der Waals surface area contributed by atoms with Gasteiger partial charge in [-0.25, -0.2) is 0 Å². The molecule has 1 N–H and O–H groups in total. The lowest BCUT2D eigenvalue weighted by molar-refractivity contribution is -0.384. The van der Waals surface area contributed by atoms with E-state index in [0.29, 0.717) is 12.3 Å². The number of non-ortho nitro benzene ring substituents is 1. The minimum Gasteiger partial charge on any atom is -0.494 e. The summed E-state index contributed by atoms with van der Waals surface area (Å²) >= 11 is 0. The molecular formula is C21H24N2O4. The molecule has 6 heteroatoms. The fourth-order valence-corrected chi connectivity index (χ4v) is 3.42.